The zero-order chi connectivity index (χ0) is 19.4. The van der Waals surface area contributed by atoms with Gasteiger partial charge in [0.1, 0.15) is 9.88 Å². The van der Waals surface area contributed by atoms with Gasteiger partial charge in [0.05, 0.1) is 5.69 Å². The highest BCUT2D eigenvalue weighted by atomic mass is 32.1. The second kappa shape index (κ2) is 8.14. The Morgan fingerprint density at radius 2 is 1.78 bits per heavy atom. The number of aryl methyl sites for hydroxylation is 2. The van der Waals surface area contributed by atoms with Gasteiger partial charge in [0.2, 0.25) is 0 Å². The molecule has 0 saturated heterocycles. The number of anilines is 1. The van der Waals surface area contributed by atoms with Crippen molar-refractivity contribution in [2.75, 3.05) is 11.9 Å². The van der Waals surface area contributed by atoms with E-state index in [1.54, 1.807) is 6.92 Å². The summed E-state index contributed by atoms with van der Waals surface area (Å²) in [6.07, 6.45) is 0. The molecule has 6 heteroatoms. The van der Waals surface area contributed by atoms with Gasteiger partial charge in [0.25, 0.3) is 5.91 Å². The number of ether oxygens (including phenoxy) is 1. The molecule has 1 amide bonds. The molecule has 0 saturated carbocycles. The molecule has 1 heterocycles. The molecule has 2 aromatic carbocycles. The van der Waals surface area contributed by atoms with Crippen LogP contribution in [0.4, 0.5) is 5.69 Å². The number of aromatic nitrogens is 1. The number of carbonyl (C=O) groups is 2. The van der Waals surface area contributed by atoms with Crippen molar-refractivity contribution in [2.45, 2.75) is 20.8 Å². The molecule has 5 nitrogen and oxygen atoms in total. The molecule has 0 aliphatic carbocycles. The van der Waals surface area contributed by atoms with Crippen LogP contribution in [0.2, 0.25) is 0 Å². The highest BCUT2D eigenvalue weighted by Crippen LogP contribution is 2.28. The largest absolute Gasteiger partial charge is 0.451 e. The topological polar surface area (TPSA) is 68.3 Å². The van der Waals surface area contributed by atoms with E-state index >= 15 is 0 Å². The lowest BCUT2D eigenvalue weighted by Gasteiger charge is -2.10. The summed E-state index contributed by atoms with van der Waals surface area (Å²) in [4.78, 5) is 29.3. The number of carbonyl (C=O) groups excluding carboxylic acids is 2. The van der Waals surface area contributed by atoms with Crippen molar-refractivity contribution in [3.05, 3.63) is 70.2 Å². The average molecular weight is 380 g/mol. The van der Waals surface area contributed by atoms with Crippen LogP contribution in [-0.4, -0.2) is 23.5 Å². The Bertz CT molecular complexity index is 980. The van der Waals surface area contributed by atoms with Gasteiger partial charge in [-0.15, -0.1) is 11.3 Å². The standard InChI is InChI=1S/C21H20N2O3S/c1-13-8-7-11-17(14(13)2)23-18(24)12-26-21(25)19-15(3)22-20(27-19)16-9-5-4-6-10-16/h4-11H,12H2,1-3H3,(H,23,24). The zero-order valence-corrected chi connectivity index (χ0v) is 16.2. The lowest BCUT2D eigenvalue weighted by molar-refractivity contribution is -0.119. The summed E-state index contributed by atoms with van der Waals surface area (Å²) in [6.45, 7) is 5.32. The smallest absolute Gasteiger partial charge is 0.350 e. The molecule has 27 heavy (non-hydrogen) atoms. The van der Waals surface area contributed by atoms with Crippen LogP contribution < -0.4 is 5.32 Å². The van der Waals surface area contributed by atoms with Crippen LogP contribution in [-0.2, 0) is 9.53 Å². The van der Waals surface area contributed by atoms with Gasteiger partial charge in [-0.1, -0.05) is 42.5 Å². The number of esters is 1. The van der Waals surface area contributed by atoms with E-state index in [1.165, 1.54) is 11.3 Å². The number of amides is 1. The maximum atomic E-state index is 12.4. The second-order valence-electron chi connectivity index (χ2n) is 6.17. The predicted octanol–water partition coefficient (Wildman–Crippen LogP) is 4.53. The molecular weight excluding hydrogens is 360 g/mol. The minimum Gasteiger partial charge on any atom is -0.451 e. The molecule has 0 fully saturated rings. The minimum absolute atomic E-state index is 0.343. The number of thiazole rings is 1. The predicted molar refractivity (Wildman–Crippen MR) is 107 cm³/mol. The second-order valence-corrected chi connectivity index (χ2v) is 7.17. The van der Waals surface area contributed by atoms with Gasteiger partial charge < -0.3 is 10.1 Å². The summed E-state index contributed by atoms with van der Waals surface area (Å²) < 4.78 is 5.18. The monoisotopic (exact) mass is 380 g/mol. The van der Waals surface area contributed by atoms with E-state index in [9.17, 15) is 9.59 Å². The third-order valence-electron chi connectivity index (χ3n) is 4.22. The van der Waals surface area contributed by atoms with Gasteiger partial charge in [0.15, 0.2) is 6.61 Å². The van der Waals surface area contributed by atoms with E-state index in [0.717, 1.165) is 27.4 Å². The van der Waals surface area contributed by atoms with Crippen LogP contribution in [0.1, 0.15) is 26.5 Å². The van der Waals surface area contributed by atoms with Crippen molar-refractivity contribution in [3.63, 3.8) is 0 Å². The Kier molecular flexibility index (Phi) is 5.66. The SMILES string of the molecule is Cc1cccc(NC(=O)COC(=O)c2sc(-c3ccccc3)nc2C)c1C. The van der Waals surface area contributed by atoms with Gasteiger partial charge >= 0.3 is 5.97 Å². The van der Waals surface area contributed by atoms with Crippen molar-refractivity contribution in [1.82, 2.24) is 4.98 Å². The van der Waals surface area contributed by atoms with Gasteiger partial charge in [-0.25, -0.2) is 9.78 Å². The van der Waals surface area contributed by atoms with E-state index in [2.05, 4.69) is 10.3 Å². The molecule has 0 atom stereocenters. The number of nitrogens with one attached hydrogen (secondary N) is 1. The molecule has 0 radical (unpaired) electrons. The first kappa shape index (κ1) is 18.8. The van der Waals surface area contributed by atoms with E-state index in [4.69, 9.17) is 4.74 Å². The van der Waals surface area contributed by atoms with Crippen LogP contribution in [0.15, 0.2) is 48.5 Å². The van der Waals surface area contributed by atoms with Crippen LogP contribution in [0.25, 0.3) is 10.6 Å². The first-order valence-electron chi connectivity index (χ1n) is 8.51. The Labute approximate surface area is 162 Å². The Balaban J connectivity index is 1.63. The third-order valence-corrected chi connectivity index (χ3v) is 5.40. The fourth-order valence-electron chi connectivity index (χ4n) is 2.56. The summed E-state index contributed by atoms with van der Waals surface area (Å²) in [5, 5.41) is 3.53. The molecule has 0 aliphatic heterocycles. The summed E-state index contributed by atoms with van der Waals surface area (Å²) >= 11 is 1.26. The Morgan fingerprint density at radius 1 is 1.04 bits per heavy atom. The van der Waals surface area contributed by atoms with E-state index < -0.39 is 5.97 Å². The normalized spacial score (nSPS) is 10.5. The zero-order valence-electron chi connectivity index (χ0n) is 15.4. The van der Waals surface area contributed by atoms with Crippen molar-refractivity contribution < 1.29 is 14.3 Å². The molecule has 0 unspecified atom stereocenters. The van der Waals surface area contributed by atoms with E-state index in [0.29, 0.717) is 10.6 Å². The van der Waals surface area contributed by atoms with Crippen LogP contribution >= 0.6 is 11.3 Å². The highest BCUT2D eigenvalue weighted by Gasteiger charge is 2.19. The maximum absolute atomic E-state index is 12.4. The molecular formula is C21H20N2O3S. The number of nitrogens with zero attached hydrogens (tertiary/aromatic N) is 1. The molecule has 3 aromatic rings. The quantitative estimate of drug-likeness (QED) is 0.660. The highest BCUT2D eigenvalue weighted by molar-refractivity contribution is 7.17. The fourth-order valence-corrected chi connectivity index (χ4v) is 3.52. The minimum atomic E-state index is -0.539. The molecule has 0 spiro atoms. The van der Waals surface area contributed by atoms with Crippen LogP contribution in [0.3, 0.4) is 0 Å². The van der Waals surface area contributed by atoms with E-state index in [-0.39, 0.29) is 12.5 Å². The third kappa shape index (κ3) is 4.41. The fraction of sp³-hybridized carbons (Fsp3) is 0.190. The number of rotatable bonds is 5. The van der Waals surface area contributed by atoms with Gasteiger partial charge in [-0.3, -0.25) is 4.79 Å². The molecule has 1 N–H and O–H groups in total. The molecule has 0 bridgehead atoms. The van der Waals surface area contributed by atoms with Crippen LogP contribution in [0, 0.1) is 20.8 Å². The Hall–Kier alpha value is -2.99. The summed E-state index contributed by atoms with van der Waals surface area (Å²) in [6, 6.07) is 15.3. The first-order valence-corrected chi connectivity index (χ1v) is 9.33. The van der Waals surface area contributed by atoms with Crippen molar-refractivity contribution in [3.8, 4) is 10.6 Å². The van der Waals surface area contributed by atoms with Gasteiger partial charge in [0, 0.05) is 11.3 Å². The number of hydrogen-bond acceptors (Lipinski definition) is 5. The number of hydrogen-bond donors (Lipinski definition) is 1. The lowest BCUT2D eigenvalue weighted by Crippen LogP contribution is -2.21. The molecule has 138 valence electrons. The Morgan fingerprint density at radius 3 is 2.52 bits per heavy atom. The summed E-state index contributed by atoms with van der Waals surface area (Å²) in [7, 11) is 0. The molecule has 0 aliphatic rings. The maximum Gasteiger partial charge on any atom is 0.350 e. The summed E-state index contributed by atoms with van der Waals surface area (Å²) in [5.74, 6) is -0.911. The first-order chi connectivity index (χ1) is 13.0. The molecule has 3 rings (SSSR count). The van der Waals surface area contributed by atoms with Gasteiger partial charge in [-0.2, -0.15) is 0 Å². The van der Waals surface area contributed by atoms with E-state index in [1.807, 2.05) is 62.4 Å². The van der Waals surface area contributed by atoms with Gasteiger partial charge in [-0.05, 0) is 38.0 Å². The average Bonchev–Trinajstić information content (AvgIpc) is 3.06. The van der Waals surface area contributed by atoms with Crippen molar-refractivity contribution in [2.24, 2.45) is 0 Å². The lowest BCUT2D eigenvalue weighted by atomic mass is 10.1. The number of benzene rings is 2. The summed E-state index contributed by atoms with van der Waals surface area (Å²) in [5.41, 5.74) is 4.33. The molecule has 1 aromatic heterocycles. The van der Waals surface area contributed by atoms with Crippen molar-refractivity contribution >= 4 is 28.9 Å². The van der Waals surface area contributed by atoms with Crippen molar-refractivity contribution in [1.29, 1.82) is 0 Å². The van der Waals surface area contributed by atoms with Crippen LogP contribution in [0.5, 0.6) is 0 Å².